The molecule has 1 aromatic heterocycles. The van der Waals surface area contributed by atoms with Gasteiger partial charge in [0.25, 0.3) is 0 Å². The van der Waals surface area contributed by atoms with Crippen molar-refractivity contribution in [2.24, 2.45) is 5.92 Å². The zero-order chi connectivity index (χ0) is 37.2. The molecule has 3 aliphatic carbocycles. The molecule has 4 aliphatic rings. The van der Waals surface area contributed by atoms with Crippen LogP contribution >= 0.6 is 0 Å². The molecule has 2 heterocycles. The lowest BCUT2D eigenvalue weighted by atomic mass is 9.89. The van der Waals surface area contributed by atoms with E-state index in [1.807, 2.05) is 0 Å². The average molecular weight is 733 g/mol. The first-order chi connectivity index (χ1) is 28.3. The number of ether oxygens (including phenoxy) is 1. The van der Waals surface area contributed by atoms with E-state index in [1.165, 1.54) is 48.8 Å². The van der Waals surface area contributed by atoms with Gasteiger partial charge in [-0.05, 0) is 71.5 Å². The number of hydrogen-bond donors (Lipinski definition) is 0. The third-order valence-electron chi connectivity index (χ3n) is 13.0. The molecule has 4 heteroatoms. The summed E-state index contributed by atoms with van der Waals surface area (Å²) in [5.74, 6) is 2.29. The molecule has 0 saturated heterocycles. The van der Waals surface area contributed by atoms with Gasteiger partial charge in [-0.1, -0.05) is 140 Å². The fourth-order valence-corrected chi connectivity index (χ4v) is 10.5. The molecule has 4 nitrogen and oxygen atoms in total. The molecule has 1 aliphatic heterocycles. The Kier molecular flexibility index (Phi) is 6.29. The highest BCUT2D eigenvalue weighted by molar-refractivity contribution is 6.29. The van der Waals surface area contributed by atoms with Gasteiger partial charge >= 0.3 is 0 Å². The highest BCUT2D eigenvalue weighted by atomic mass is 16.5. The molecule has 0 bridgehead atoms. The van der Waals surface area contributed by atoms with Crippen molar-refractivity contribution in [3.63, 3.8) is 0 Å². The molecule has 0 amide bonds. The first-order valence-electron chi connectivity index (χ1n) is 20.1. The van der Waals surface area contributed by atoms with Crippen LogP contribution in [0.15, 0.2) is 186 Å². The maximum Gasteiger partial charge on any atom is 0.155 e. The van der Waals surface area contributed by atoms with Crippen LogP contribution in [0.5, 0.6) is 5.75 Å². The van der Waals surface area contributed by atoms with Gasteiger partial charge in [0, 0.05) is 50.0 Å². The summed E-state index contributed by atoms with van der Waals surface area (Å²) in [4.78, 5) is 4.89. The Morgan fingerprint density at radius 2 is 1.28 bits per heavy atom. The number of hydrogen-bond acceptors (Lipinski definition) is 4. The molecule has 9 aromatic rings. The molecule has 3 atom stereocenters. The molecule has 8 aromatic carbocycles. The van der Waals surface area contributed by atoms with Crippen molar-refractivity contribution in [1.29, 1.82) is 0 Å². The number of aryl methyl sites for hydroxylation is 1. The normalized spacial score (nSPS) is 20.0. The number of benzene rings is 8. The van der Waals surface area contributed by atoms with E-state index in [2.05, 4.69) is 192 Å². The molecule has 13 rings (SSSR count). The van der Waals surface area contributed by atoms with Crippen LogP contribution < -0.4 is 14.5 Å². The van der Waals surface area contributed by atoms with E-state index < -0.39 is 0 Å². The lowest BCUT2D eigenvalue weighted by Gasteiger charge is -2.34. The van der Waals surface area contributed by atoms with Crippen LogP contribution in [-0.4, -0.2) is 6.10 Å². The minimum Gasteiger partial charge on any atom is -0.486 e. The third kappa shape index (κ3) is 4.22. The van der Waals surface area contributed by atoms with Gasteiger partial charge in [-0.2, -0.15) is 0 Å². The molecular formula is C53H36N2O2. The highest BCUT2D eigenvalue weighted by Crippen LogP contribution is 2.68. The standard InChI is InChI=1S/C53H36N2O2/c1-3-16-35(17-4-1)54(43-24-12-21-38-37-20-7-8-26-47(37)56-50(38)43)45-32-46(40-30-28-34-15-11-14-33-27-29-39(45)49(40)48(33)34)55(36-18-5-2-6-19-36)44-25-13-23-41-51(44)57-52-42-22-9-10-31-53(41,42)52/h1-11,13-20,22-32,42,52H,12,21H2. The minimum atomic E-state index is -0.0991. The summed E-state index contributed by atoms with van der Waals surface area (Å²) in [5.41, 5.74) is 9.82. The van der Waals surface area contributed by atoms with Crippen molar-refractivity contribution in [2.75, 3.05) is 9.80 Å². The maximum absolute atomic E-state index is 7.03. The van der Waals surface area contributed by atoms with E-state index in [9.17, 15) is 0 Å². The van der Waals surface area contributed by atoms with Crippen molar-refractivity contribution in [1.82, 2.24) is 0 Å². The number of anilines is 5. The van der Waals surface area contributed by atoms with Crippen molar-refractivity contribution >= 4 is 77.4 Å². The topological polar surface area (TPSA) is 28.9 Å². The van der Waals surface area contributed by atoms with Crippen LogP contribution in [0, 0.1) is 5.92 Å². The largest absolute Gasteiger partial charge is 0.486 e. The summed E-state index contributed by atoms with van der Waals surface area (Å²) in [6.45, 7) is 0. The Hall–Kier alpha value is -7.04. The average Bonchev–Trinajstić information content (AvgIpc) is 3.56. The van der Waals surface area contributed by atoms with Crippen molar-refractivity contribution < 1.29 is 9.15 Å². The number of para-hydroxylation sites is 4. The smallest absolute Gasteiger partial charge is 0.155 e. The number of nitrogens with zero attached hydrogens (tertiary/aromatic N) is 2. The van der Waals surface area contributed by atoms with E-state index in [-0.39, 0.29) is 11.5 Å². The molecule has 1 saturated carbocycles. The molecular weight excluding hydrogens is 697 g/mol. The van der Waals surface area contributed by atoms with E-state index in [0.717, 1.165) is 64.1 Å². The first kappa shape index (κ1) is 31.2. The SMILES string of the molecule is C1=CC2C3Oc4c(N(c5ccccc5)c5cc(N(C6=CCCc7c6oc6ccccc76)c6ccccc6)c6ccc7cccc8ccc5c6c78)cccc4C23C=C1. The summed E-state index contributed by atoms with van der Waals surface area (Å²) in [7, 11) is 0. The molecule has 57 heavy (non-hydrogen) atoms. The van der Waals surface area contributed by atoms with Crippen LogP contribution in [0.25, 0.3) is 49.0 Å². The predicted octanol–water partition coefficient (Wildman–Crippen LogP) is 13.7. The molecule has 0 radical (unpaired) electrons. The van der Waals surface area contributed by atoms with Gasteiger partial charge in [0.1, 0.15) is 17.4 Å². The number of fused-ring (bicyclic) bond motifs is 5. The van der Waals surface area contributed by atoms with Gasteiger partial charge in [0.15, 0.2) is 5.76 Å². The Labute approximate surface area is 330 Å². The Morgan fingerprint density at radius 1 is 0.579 bits per heavy atom. The van der Waals surface area contributed by atoms with Crippen LogP contribution in [0.3, 0.4) is 0 Å². The predicted molar refractivity (Wildman–Crippen MR) is 234 cm³/mol. The van der Waals surface area contributed by atoms with Crippen molar-refractivity contribution in [3.8, 4) is 5.75 Å². The van der Waals surface area contributed by atoms with E-state index in [4.69, 9.17) is 9.15 Å². The van der Waals surface area contributed by atoms with Crippen LogP contribution in [0.4, 0.5) is 28.4 Å². The second-order valence-electron chi connectivity index (χ2n) is 15.9. The lowest BCUT2D eigenvalue weighted by molar-refractivity contribution is 0.303. The zero-order valence-corrected chi connectivity index (χ0v) is 31.1. The summed E-state index contributed by atoms with van der Waals surface area (Å²) < 4.78 is 13.9. The highest BCUT2D eigenvalue weighted by Gasteiger charge is 2.70. The van der Waals surface area contributed by atoms with Gasteiger partial charge in [-0.25, -0.2) is 0 Å². The number of allylic oxidation sites excluding steroid dienone is 3. The minimum absolute atomic E-state index is 0.0991. The molecule has 1 fully saturated rings. The second kappa shape index (κ2) is 11.5. The van der Waals surface area contributed by atoms with E-state index in [0.29, 0.717) is 5.92 Å². The maximum atomic E-state index is 7.03. The van der Waals surface area contributed by atoms with Crippen LogP contribution in [0.2, 0.25) is 0 Å². The number of furan rings is 1. The van der Waals surface area contributed by atoms with Gasteiger partial charge in [-0.15, -0.1) is 0 Å². The summed E-state index contributed by atoms with van der Waals surface area (Å²) in [6.07, 6.45) is 13.4. The third-order valence-corrected chi connectivity index (χ3v) is 13.0. The van der Waals surface area contributed by atoms with E-state index >= 15 is 0 Å². The Bertz CT molecular complexity index is 3180. The zero-order valence-electron chi connectivity index (χ0n) is 31.1. The van der Waals surface area contributed by atoms with Crippen molar-refractivity contribution in [3.05, 3.63) is 199 Å². The van der Waals surface area contributed by atoms with Gasteiger partial charge in [0.05, 0.1) is 28.2 Å². The fraction of sp³-hybridized carbons (Fsp3) is 0.0943. The Morgan fingerprint density at radius 3 is 2.07 bits per heavy atom. The monoisotopic (exact) mass is 732 g/mol. The first-order valence-corrected chi connectivity index (χ1v) is 20.1. The summed E-state index contributed by atoms with van der Waals surface area (Å²) in [6, 6.07) is 55.1. The molecule has 3 unspecified atom stereocenters. The number of rotatable bonds is 6. The lowest BCUT2D eigenvalue weighted by Crippen LogP contribution is -2.19. The van der Waals surface area contributed by atoms with Crippen LogP contribution in [0.1, 0.15) is 23.3 Å². The van der Waals surface area contributed by atoms with Gasteiger partial charge in [0.2, 0.25) is 0 Å². The second-order valence-corrected chi connectivity index (χ2v) is 15.9. The Balaban J connectivity index is 1.13. The summed E-state index contributed by atoms with van der Waals surface area (Å²) >= 11 is 0. The van der Waals surface area contributed by atoms with Gasteiger partial charge in [-0.3, -0.25) is 0 Å². The van der Waals surface area contributed by atoms with Crippen molar-refractivity contribution in [2.45, 2.75) is 24.4 Å². The molecule has 270 valence electrons. The molecule has 0 N–H and O–H groups in total. The quantitative estimate of drug-likeness (QED) is 0.159. The van der Waals surface area contributed by atoms with E-state index in [1.54, 1.807) is 0 Å². The fourth-order valence-electron chi connectivity index (χ4n) is 10.5. The molecule has 1 spiro atoms. The van der Waals surface area contributed by atoms with Crippen LogP contribution in [-0.2, 0) is 11.8 Å². The van der Waals surface area contributed by atoms with Gasteiger partial charge < -0.3 is 19.0 Å². The summed E-state index contributed by atoms with van der Waals surface area (Å²) in [5, 5.41) is 8.55.